The van der Waals surface area contributed by atoms with Gasteiger partial charge < -0.3 is 0 Å². The summed E-state index contributed by atoms with van der Waals surface area (Å²) in [6.07, 6.45) is 4.61. The number of sulfonamides is 1. The van der Waals surface area contributed by atoms with E-state index in [9.17, 15) is 8.42 Å². The molecular weight excluding hydrogens is 174 g/mol. The zero-order chi connectivity index (χ0) is 9.19. The normalized spacial score (nSPS) is 18.6. The van der Waals surface area contributed by atoms with Gasteiger partial charge in [0.15, 0.2) is 0 Å². The summed E-state index contributed by atoms with van der Waals surface area (Å²) in [5.41, 5.74) is 0. The molecule has 72 valence electrons. The predicted molar refractivity (Wildman–Crippen MR) is 49.4 cm³/mol. The van der Waals surface area contributed by atoms with Crippen molar-refractivity contribution in [2.45, 2.75) is 26.2 Å². The van der Waals surface area contributed by atoms with E-state index in [-0.39, 0.29) is 0 Å². The van der Waals surface area contributed by atoms with Crippen LogP contribution in [0.5, 0.6) is 0 Å². The molecule has 0 heterocycles. The Bertz CT molecular complexity index is 231. The molecule has 4 heteroatoms. The Hall–Kier alpha value is -0.0900. The SMILES string of the molecule is CCCN(CC1CC1)S(C)(=O)=O. The second-order valence-electron chi connectivity index (χ2n) is 3.56. The summed E-state index contributed by atoms with van der Waals surface area (Å²) in [5, 5.41) is 0. The van der Waals surface area contributed by atoms with Crippen LogP contribution in [0.1, 0.15) is 26.2 Å². The summed E-state index contributed by atoms with van der Waals surface area (Å²) in [7, 11) is -2.95. The molecule has 0 atom stereocenters. The molecule has 0 aromatic carbocycles. The van der Waals surface area contributed by atoms with E-state index in [0.29, 0.717) is 12.5 Å². The summed E-state index contributed by atoms with van der Waals surface area (Å²) in [6.45, 7) is 3.42. The first kappa shape index (κ1) is 9.99. The van der Waals surface area contributed by atoms with Gasteiger partial charge in [-0.2, -0.15) is 0 Å². The maximum absolute atomic E-state index is 11.2. The summed E-state index contributed by atoms with van der Waals surface area (Å²) in [6, 6.07) is 0. The first-order valence-electron chi connectivity index (χ1n) is 4.49. The van der Waals surface area contributed by atoms with Gasteiger partial charge in [-0.05, 0) is 25.2 Å². The highest BCUT2D eigenvalue weighted by atomic mass is 32.2. The van der Waals surface area contributed by atoms with Crippen molar-refractivity contribution < 1.29 is 8.42 Å². The zero-order valence-electron chi connectivity index (χ0n) is 7.78. The van der Waals surface area contributed by atoms with Crippen molar-refractivity contribution >= 4 is 10.0 Å². The molecule has 0 aliphatic heterocycles. The first-order valence-corrected chi connectivity index (χ1v) is 6.34. The molecule has 12 heavy (non-hydrogen) atoms. The van der Waals surface area contributed by atoms with E-state index in [2.05, 4.69) is 0 Å². The molecule has 0 amide bonds. The molecule has 1 saturated carbocycles. The Morgan fingerprint density at radius 2 is 2.00 bits per heavy atom. The number of nitrogens with zero attached hydrogens (tertiary/aromatic N) is 1. The first-order chi connectivity index (χ1) is 5.54. The Morgan fingerprint density at radius 1 is 1.42 bits per heavy atom. The van der Waals surface area contributed by atoms with E-state index in [4.69, 9.17) is 0 Å². The van der Waals surface area contributed by atoms with Crippen molar-refractivity contribution in [3.8, 4) is 0 Å². The Labute approximate surface area is 74.8 Å². The van der Waals surface area contributed by atoms with Gasteiger partial charge in [-0.3, -0.25) is 0 Å². The van der Waals surface area contributed by atoms with Crippen molar-refractivity contribution in [1.82, 2.24) is 4.31 Å². The molecule has 0 spiro atoms. The van der Waals surface area contributed by atoms with Crippen LogP contribution >= 0.6 is 0 Å². The number of rotatable bonds is 5. The lowest BCUT2D eigenvalue weighted by Gasteiger charge is -2.18. The van der Waals surface area contributed by atoms with Crippen LogP contribution < -0.4 is 0 Å². The third-order valence-electron chi connectivity index (χ3n) is 2.10. The Kier molecular flexibility index (Phi) is 3.12. The van der Waals surface area contributed by atoms with Gasteiger partial charge >= 0.3 is 0 Å². The van der Waals surface area contributed by atoms with Crippen LogP contribution in [0.2, 0.25) is 0 Å². The van der Waals surface area contributed by atoms with E-state index in [1.54, 1.807) is 4.31 Å². The Balaban J connectivity index is 2.47. The van der Waals surface area contributed by atoms with E-state index in [1.165, 1.54) is 19.1 Å². The van der Waals surface area contributed by atoms with Crippen molar-refractivity contribution in [2.75, 3.05) is 19.3 Å². The van der Waals surface area contributed by atoms with Crippen LogP contribution in [0.4, 0.5) is 0 Å². The quantitative estimate of drug-likeness (QED) is 0.652. The smallest absolute Gasteiger partial charge is 0.211 e. The van der Waals surface area contributed by atoms with Gasteiger partial charge in [-0.1, -0.05) is 6.92 Å². The standard InChI is InChI=1S/C8H17NO2S/c1-3-6-9(12(2,10)11)7-8-4-5-8/h8H,3-7H2,1-2H3. The Morgan fingerprint density at radius 3 is 2.33 bits per heavy atom. The van der Waals surface area contributed by atoms with Crippen LogP contribution in [0.25, 0.3) is 0 Å². The molecule has 0 aromatic heterocycles. The summed E-state index contributed by atoms with van der Waals surface area (Å²) in [5.74, 6) is 0.645. The van der Waals surface area contributed by atoms with Crippen molar-refractivity contribution in [3.63, 3.8) is 0 Å². The van der Waals surface area contributed by atoms with Crippen molar-refractivity contribution in [2.24, 2.45) is 5.92 Å². The molecule has 1 rings (SSSR count). The molecule has 1 aliphatic carbocycles. The van der Waals surface area contributed by atoms with Gasteiger partial charge in [0.25, 0.3) is 0 Å². The van der Waals surface area contributed by atoms with Gasteiger partial charge in [-0.15, -0.1) is 0 Å². The predicted octanol–water partition coefficient (Wildman–Crippen LogP) is 1.07. The van der Waals surface area contributed by atoms with E-state index < -0.39 is 10.0 Å². The van der Waals surface area contributed by atoms with Crippen LogP contribution in [-0.4, -0.2) is 32.1 Å². The molecule has 0 unspecified atom stereocenters. The second kappa shape index (κ2) is 3.75. The minimum absolute atomic E-state index is 0.645. The van der Waals surface area contributed by atoms with E-state index in [0.717, 1.165) is 13.0 Å². The highest BCUT2D eigenvalue weighted by Gasteiger charge is 2.27. The second-order valence-corrected chi connectivity index (χ2v) is 5.55. The minimum atomic E-state index is -2.95. The fraction of sp³-hybridized carbons (Fsp3) is 1.00. The molecule has 0 N–H and O–H groups in total. The maximum Gasteiger partial charge on any atom is 0.211 e. The molecule has 0 radical (unpaired) electrons. The maximum atomic E-state index is 11.2. The topological polar surface area (TPSA) is 37.4 Å². The van der Waals surface area contributed by atoms with Crippen LogP contribution in [0.15, 0.2) is 0 Å². The lowest BCUT2D eigenvalue weighted by Crippen LogP contribution is -2.32. The summed E-state index contributed by atoms with van der Waals surface area (Å²) >= 11 is 0. The highest BCUT2D eigenvalue weighted by Crippen LogP contribution is 2.30. The third kappa shape index (κ3) is 3.11. The lowest BCUT2D eigenvalue weighted by molar-refractivity contribution is 0.399. The fourth-order valence-electron chi connectivity index (χ4n) is 1.23. The molecule has 1 fully saturated rings. The molecule has 0 saturated heterocycles. The lowest BCUT2D eigenvalue weighted by atomic mass is 10.4. The third-order valence-corrected chi connectivity index (χ3v) is 3.37. The average Bonchev–Trinajstić information content (AvgIpc) is 2.68. The van der Waals surface area contributed by atoms with Crippen LogP contribution in [0.3, 0.4) is 0 Å². The average molecular weight is 191 g/mol. The van der Waals surface area contributed by atoms with E-state index in [1.807, 2.05) is 6.92 Å². The fourth-order valence-corrected chi connectivity index (χ4v) is 2.23. The van der Waals surface area contributed by atoms with Crippen molar-refractivity contribution in [1.29, 1.82) is 0 Å². The monoisotopic (exact) mass is 191 g/mol. The van der Waals surface area contributed by atoms with E-state index >= 15 is 0 Å². The molecule has 1 aliphatic rings. The highest BCUT2D eigenvalue weighted by molar-refractivity contribution is 7.88. The molecule has 3 nitrogen and oxygen atoms in total. The molecular formula is C8H17NO2S. The van der Waals surface area contributed by atoms with Gasteiger partial charge in [-0.25, -0.2) is 12.7 Å². The summed E-state index contributed by atoms with van der Waals surface area (Å²) < 4.78 is 24.0. The minimum Gasteiger partial charge on any atom is -0.213 e. The van der Waals surface area contributed by atoms with Gasteiger partial charge in [0, 0.05) is 13.1 Å². The van der Waals surface area contributed by atoms with Gasteiger partial charge in [0.05, 0.1) is 6.26 Å². The van der Waals surface area contributed by atoms with Crippen LogP contribution in [-0.2, 0) is 10.0 Å². The largest absolute Gasteiger partial charge is 0.213 e. The van der Waals surface area contributed by atoms with Crippen molar-refractivity contribution in [3.05, 3.63) is 0 Å². The zero-order valence-corrected chi connectivity index (χ0v) is 8.60. The molecule has 0 aromatic rings. The van der Waals surface area contributed by atoms with Crippen LogP contribution in [0, 0.1) is 5.92 Å². The molecule has 0 bridgehead atoms. The van der Waals surface area contributed by atoms with Gasteiger partial charge in [0.1, 0.15) is 0 Å². The number of hydrogen-bond acceptors (Lipinski definition) is 2. The summed E-state index contributed by atoms with van der Waals surface area (Å²) in [4.78, 5) is 0. The van der Waals surface area contributed by atoms with Gasteiger partial charge in [0.2, 0.25) is 10.0 Å². The number of hydrogen-bond donors (Lipinski definition) is 0.